The molecule has 4 rings (SSSR count). The summed E-state index contributed by atoms with van der Waals surface area (Å²) in [5, 5.41) is 12.1. The predicted molar refractivity (Wildman–Crippen MR) is 134 cm³/mol. The van der Waals surface area contributed by atoms with Gasteiger partial charge in [-0.25, -0.2) is 4.74 Å². The van der Waals surface area contributed by atoms with Gasteiger partial charge in [-0.15, -0.1) is 0 Å². The Balaban J connectivity index is 1.88. The topological polar surface area (TPSA) is 86.4 Å². The molecule has 0 unspecified atom stereocenters. The molecule has 1 aliphatic carbocycles. The van der Waals surface area contributed by atoms with E-state index in [1.165, 1.54) is 17.7 Å². The van der Waals surface area contributed by atoms with E-state index in [-0.39, 0.29) is 5.69 Å². The molecular weight excluding hydrogens is 453 g/mol. The molecule has 0 N–H and O–H groups in total. The Kier molecular flexibility index (Phi) is 7.95. The molecule has 0 aromatic heterocycles. The Labute approximate surface area is 200 Å². The average Bonchev–Trinajstić information content (AvgIpc) is 2.89. The van der Waals surface area contributed by atoms with Gasteiger partial charge in [0.15, 0.2) is 0 Å². The van der Waals surface area contributed by atoms with Crippen molar-refractivity contribution >= 4 is 25.0 Å². The monoisotopic (exact) mass is 483 g/mol. The van der Waals surface area contributed by atoms with E-state index in [9.17, 15) is 10.1 Å². The van der Waals surface area contributed by atoms with E-state index < -0.39 is 12.4 Å². The maximum Gasteiger partial charge on any atom is 0.269 e. The molecule has 0 saturated carbocycles. The molecule has 0 radical (unpaired) electrons. The zero-order valence-electron chi connectivity index (χ0n) is 19.6. The van der Waals surface area contributed by atoms with Crippen LogP contribution in [0.1, 0.15) is 24.8 Å². The average molecular weight is 484 g/mol. The van der Waals surface area contributed by atoms with Crippen LogP contribution in [0.25, 0.3) is 6.08 Å². The van der Waals surface area contributed by atoms with Crippen molar-refractivity contribution < 1.29 is 18.7 Å². The molecule has 1 aliphatic heterocycles. The van der Waals surface area contributed by atoms with Gasteiger partial charge in [-0.3, -0.25) is 10.1 Å². The molecule has 2 aromatic carbocycles. The van der Waals surface area contributed by atoms with Gasteiger partial charge in [0.1, 0.15) is 0 Å². The smallest absolute Gasteiger partial charge is 0.269 e. The van der Waals surface area contributed by atoms with Gasteiger partial charge in [-0.2, -0.15) is 0 Å². The number of morpholine rings is 1. The summed E-state index contributed by atoms with van der Waals surface area (Å²) >= 11 is 0. The van der Waals surface area contributed by atoms with Gasteiger partial charge in [0, 0.05) is 50.5 Å². The molecule has 9 heteroatoms. The van der Waals surface area contributed by atoms with Crippen LogP contribution >= 0.6 is 7.51 Å². The highest BCUT2D eigenvalue weighted by atomic mass is 31.2. The molecule has 8 nitrogen and oxygen atoms in total. The summed E-state index contributed by atoms with van der Waals surface area (Å²) in [5.41, 5.74) is 4.15. The zero-order chi connectivity index (χ0) is 24.0. The van der Waals surface area contributed by atoms with E-state index >= 15 is 0 Å². The molecule has 0 bridgehead atoms. The van der Waals surface area contributed by atoms with Gasteiger partial charge in [0.2, 0.25) is 7.51 Å². The van der Waals surface area contributed by atoms with Gasteiger partial charge in [-0.1, -0.05) is 30.3 Å². The van der Waals surface area contributed by atoms with Gasteiger partial charge in [-0.05, 0) is 48.6 Å². The highest BCUT2D eigenvalue weighted by Gasteiger charge is 2.35. The summed E-state index contributed by atoms with van der Waals surface area (Å²) in [6.07, 6.45) is 4.97. The SMILES string of the molecule is COP(=Nc1ccc([N+](=O)[O-])cc1)(OC)C1=C(N2CCOCC2)C(=Cc2ccccc2)CCC1. The number of ether oxygens (including phenoxy) is 1. The van der Waals surface area contributed by atoms with Gasteiger partial charge < -0.3 is 18.7 Å². The molecule has 34 heavy (non-hydrogen) atoms. The molecule has 1 fully saturated rings. The molecule has 0 atom stereocenters. The first-order chi connectivity index (χ1) is 16.6. The third-order valence-electron chi connectivity index (χ3n) is 6.05. The normalized spacial score (nSPS) is 18.3. The number of nitrogens with zero attached hydrogens (tertiary/aromatic N) is 3. The van der Waals surface area contributed by atoms with Crippen LogP contribution in [-0.4, -0.2) is 50.3 Å². The van der Waals surface area contributed by atoms with Crippen molar-refractivity contribution in [1.82, 2.24) is 4.90 Å². The molecule has 1 saturated heterocycles. The first kappa shape index (κ1) is 24.4. The molecule has 180 valence electrons. The van der Waals surface area contributed by atoms with Crippen LogP contribution in [0.4, 0.5) is 11.4 Å². The van der Waals surface area contributed by atoms with Crippen molar-refractivity contribution in [2.75, 3.05) is 40.5 Å². The number of allylic oxidation sites excluding steroid dienone is 2. The van der Waals surface area contributed by atoms with E-state index in [4.69, 9.17) is 18.5 Å². The summed E-state index contributed by atoms with van der Waals surface area (Å²) in [6.45, 7) is 2.91. The van der Waals surface area contributed by atoms with Crippen molar-refractivity contribution in [2.24, 2.45) is 4.74 Å². The van der Waals surface area contributed by atoms with Crippen LogP contribution in [0.2, 0.25) is 0 Å². The quantitative estimate of drug-likeness (QED) is 0.259. The first-order valence-corrected chi connectivity index (χ1v) is 12.9. The first-order valence-electron chi connectivity index (χ1n) is 11.4. The Bertz CT molecular complexity index is 1110. The number of rotatable bonds is 7. The maximum absolute atomic E-state index is 11.1. The molecule has 2 aliphatic rings. The minimum Gasteiger partial charge on any atom is -0.378 e. The third-order valence-corrected chi connectivity index (χ3v) is 8.65. The lowest BCUT2D eigenvalue weighted by Crippen LogP contribution is -2.37. The number of non-ortho nitro benzene ring substituents is 1. The fraction of sp³-hybridized carbons (Fsp3) is 0.360. The van der Waals surface area contributed by atoms with Gasteiger partial charge >= 0.3 is 0 Å². The number of nitro groups is 1. The van der Waals surface area contributed by atoms with Crippen LogP contribution in [0.5, 0.6) is 0 Å². The second-order valence-corrected chi connectivity index (χ2v) is 10.6. The van der Waals surface area contributed by atoms with Crippen molar-refractivity contribution in [3.63, 3.8) is 0 Å². The van der Waals surface area contributed by atoms with Crippen LogP contribution in [0, 0.1) is 10.1 Å². The van der Waals surface area contributed by atoms with Crippen molar-refractivity contribution in [1.29, 1.82) is 0 Å². The minimum atomic E-state index is -2.85. The van der Waals surface area contributed by atoms with Crippen molar-refractivity contribution in [2.45, 2.75) is 19.3 Å². The van der Waals surface area contributed by atoms with Crippen molar-refractivity contribution in [3.8, 4) is 0 Å². The molecule has 0 amide bonds. The predicted octanol–water partition coefficient (Wildman–Crippen LogP) is 6.36. The Hall–Kier alpha value is -2.77. The molecule has 2 aromatic rings. The van der Waals surface area contributed by atoms with E-state index in [1.54, 1.807) is 26.4 Å². The fourth-order valence-corrected chi connectivity index (χ4v) is 6.74. The number of hydrogen-bond acceptors (Lipinski definition) is 7. The summed E-state index contributed by atoms with van der Waals surface area (Å²) in [4.78, 5) is 13.0. The van der Waals surface area contributed by atoms with E-state index in [1.807, 2.05) is 18.2 Å². The van der Waals surface area contributed by atoms with E-state index in [0.29, 0.717) is 18.9 Å². The Morgan fingerprint density at radius 2 is 1.71 bits per heavy atom. The summed E-state index contributed by atoms with van der Waals surface area (Å²) < 4.78 is 22.7. The van der Waals surface area contributed by atoms with Crippen molar-refractivity contribution in [3.05, 3.63) is 86.9 Å². The van der Waals surface area contributed by atoms with E-state index in [0.717, 1.165) is 48.9 Å². The lowest BCUT2D eigenvalue weighted by molar-refractivity contribution is -0.384. The highest BCUT2D eigenvalue weighted by molar-refractivity contribution is 7.61. The number of hydrogen-bond donors (Lipinski definition) is 0. The summed E-state index contributed by atoms with van der Waals surface area (Å²) in [5.74, 6) is 0. The summed E-state index contributed by atoms with van der Waals surface area (Å²) in [6, 6.07) is 16.5. The lowest BCUT2D eigenvalue weighted by atomic mass is 9.95. The van der Waals surface area contributed by atoms with E-state index in [2.05, 4.69) is 23.1 Å². The van der Waals surface area contributed by atoms with Crippen LogP contribution < -0.4 is 0 Å². The van der Waals surface area contributed by atoms with Gasteiger partial charge in [0.05, 0.1) is 23.8 Å². The maximum atomic E-state index is 11.1. The number of nitro benzene ring substituents is 1. The second-order valence-electron chi connectivity index (χ2n) is 8.09. The standard InChI is InChI=1S/C25H30N3O5P/c1-31-34(32-2,26-22-11-13-23(14-12-22)28(29)30)24-10-6-9-21(19-20-7-4-3-5-8-20)25(24)27-15-17-33-18-16-27/h3-5,7-8,11-14,19H,6,9-10,15-18H2,1-2H3. The van der Waals surface area contributed by atoms with Gasteiger partial charge in [0.25, 0.3) is 5.69 Å². The Morgan fingerprint density at radius 3 is 2.32 bits per heavy atom. The number of benzene rings is 2. The second kappa shape index (κ2) is 11.1. The fourth-order valence-electron chi connectivity index (χ4n) is 4.44. The molecule has 0 spiro atoms. The Morgan fingerprint density at radius 1 is 1.03 bits per heavy atom. The lowest BCUT2D eigenvalue weighted by Gasteiger charge is -2.38. The minimum absolute atomic E-state index is 0.0247. The largest absolute Gasteiger partial charge is 0.378 e. The zero-order valence-corrected chi connectivity index (χ0v) is 20.4. The van der Waals surface area contributed by atoms with Crippen LogP contribution in [0.15, 0.2) is 75.9 Å². The molecular formula is C25H30N3O5P. The summed E-state index contributed by atoms with van der Waals surface area (Å²) in [7, 11) is 0.413. The highest BCUT2D eigenvalue weighted by Crippen LogP contribution is 2.64. The van der Waals surface area contributed by atoms with Crippen LogP contribution in [-0.2, 0) is 13.8 Å². The molecule has 1 heterocycles. The van der Waals surface area contributed by atoms with Crippen LogP contribution in [0.3, 0.4) is 0 Å². The third kappa shape index (κ3) is 5.31.